The van der Waals surface area contributed by atoms with Crippen LogP contribution in [0.15, 0.2) is 22.7 Å². The van der Waals surface area contributed by atoms with E-state index in [1.165, 1.54) is 10.7 Å². The molecule has 1 aromatic carbocycles. The van der Waals surface area contributed by atoms with Crippen LogP contribution in [0.25, 0.3) is 11.3 Å². The highest BCUT2D eigenvalue weighted by atomic mass is 79.9. The minimum absolute atomic E-state index is 0.304. The van der Waals surface area contributed by atoms with Crippen LogP contribution in [0.3, 0.4) is 0 Å². The summed E-state index contributed by atoms with van der Waals surface area (Å²) < 4.78 is 15.1. The quantitative estimate of drug-likeness (QED) is 0.822. The Morgan fingerprint density at radius 1 is 1.44 bits per heavy atom. The highest BCUT2D eigenvalue weighted by molar-refractivity contribution is 9.10. The summed E-state index contributed by atoms with van der Waals surface area (Å²) >= 11 is 9.05. The molecule has 6 heteroatoms. The van der Waals surface area contributed by atoms with Gasteiger partial charge in [0.2, 0.25) is 0 Å². The van der Waals surface area contributed by atoms with Crippen LogP contribution in [0.2, 0.25) is 5.02 Å². The number of benzene rings is 1. The van der Waals surface area contributed by atoms with Crippen molar-refractivity contribution in [1.82, 2.24) is 9.78 Å². The van der Waals surface area contributed by atoms with Crippen molar-refractivity contribution in [2.24, 2.45) is 7.05 Å². The fourth-order valence-corrected chi connectivity index (χ4v) is 1.92. The van der Waals surface area contributed by atoms with Crippen molar-refractivity contribution >= 4 is 33.3 Å². The van der Waals surface area contributed by atoms with Crippen LogP contribution in [0.5, 0.6) is 0 Å². The van der Waals surface area contributed by atoms with E-state index in [9.17, 15) is 4.39 Å². The number of nitrogens with two attached hydrogens (primary N) is 1. The Labute approximate surface area is 105 Å². The number of halogens is 3. The molecule has 0 atom stereocenters. The van der Waals surface area contributed by atoms with Crippen LogP contribution in [0, 0.1) is 5.82 Å². The van der Waals surface area contributed by atoms with Gasteiger partial charge in [-0.25, -0.2) is 4.39 Å². The van der Waals surface area contributed by atoms with Gasteiger partial charge in [-0.15, -0.1) is 0 Å². The molecule has 1 heterocycles. The van der Waals surface area contributed by atoms with Crippen LogP contribution in [-0.2, 0) is 7.05 Å². The number of rotatable bonds is 1. The molecule has 0 aliphatic carbocycles. The Hall–Kier alpha value is -1.07. The van der Waals surface area contributed by atoms with Crippen molar-refractivity contribution in [3.63, 3.8) is 0 Å². The zero-order chi connectivity index (χ0) is 11.9. The van der Waals surface area contributed by atoms with E-state index in [0.717, 1.165) is 0 Å². The van der Waals surface area contributed by atoms with Crippen LogP contribution < -0.4 is 5.73 Å². The van der Waals surface area contributed by atoms with Gasteiger partial charge in [-0.2, -0.15) is 5.10 Å². The average molecular weight is 305 g/mol. The van der Waals surface area contributed by atoms with Crippen LogP contribution in [0.4, 0.5) is 10.2 Å². The minimum atomic E-state index is -0.405. The largest absolute Gasteiger partial charge is 0.384 e. The van der Waals surface area contributed by atoms with Gasteiger partial charge in [0.05, 0.1) is 15.2 Å². The normalized spacial score (nSPS) is 10.8. The van der Waals surface area contributed by atoms with E-state index in [1.807, 2.05) is 0 Å². The van der Waals surface area contributed by atoms with E-state index in [0.29, 0.717) is 26.6 Å². The zero-order valence-electron chi connectivity index (χ0n) is 8.34. The van der Waals surface area contributed by atoms with E-state index in [-0.39, 0.29) is 0 Å². The van der Waals surface area contributed by atoms with Crippen LogP contribution >= 0.6 is 27.5 Å². The summed E-state index contributed by atoms with van der Waals surface area (Å²) in [6.45, 7) is 0. The van der Waals surface area contributed by atoms with Crippen molar-refractivity contribution in [2.75, 3.05) is 5.73 Å². The van der Waals surface area contributed by atoms with E-state index in [4.69, 9.17) is 17.3 Å². The lowest BCUT2D eigenvalue weighted by Crippen LogP contribution is -1.96. The second-order valence-electron chi connectivity index (χ2n) is 3.32. The first-order chi connectivity index (χ1) is 7.49. The molecule has 0 aliphatic rings. The molecule has 0 radical (unpaired) electrons. The predicted octanol–water partition coefficient (Wildman–Crippen LogP) is 3.22. The summed E-state index contributed by atoms with van der Waals surface area (Å²) in [6, 6.07) is 4.51. The third kappa shape index (κ3) is 1.92. The fraction of sp³-hybridized carbons (Fsp3) is 0.100. The second kappa shape index (κ2) is 4.07. The summed E-state index contributed by atoms with van der Waals surface area (Å²) in [4.78, 5) is 0. The molecule has 2 aromatic rings. The summed E-state index contributed by atoms with van der Waals surface area (Å²) in [5, 5.41) is 4.48. The maximum atomic E-state index is 13.2. The second-order valence-corrected chi connectivity index (χ2v) is 4.59. The topological polar surface area (TPSA) is 43.8 Å². The number of hydrogen-bond acceptors (Lipinski definition) is 2. The first-order valence-electron chi connectivity index (χ1n) is 4.43. The number of hydrogen-bond donors (Lipinski definition) is 1. The van der Waals surface area contributed by atoms with Gasteiger partial charge >= 0.3 is 0 Å². The van der Waals surface area contributed by atoms with Gasteiger partial charge in [0, 0.05) is 18.7 Å². The molecule has 3 nitrogen and oxygen atoms in total. The first kappa shape index (κ1) is 11.4. The lowest BCUT2D eigenvalue weighted by Gasteiger charge is -2.02. The van der Waals surface area contributed by atoms with Gasteiger partial charge in [0.15, 0.2) is 0 Å². The SMILES string of the molecule is Cn1nc(-c2cc(Br)c(F)cc2Cl)cc1N. The Morgan fingerprint density at radius 3 is 2.69 bits per heavy atom. The molecule has 0 saturated carbocycles. The lowest BCUT2D eigenvalue weighted by molar-refractivity contribution is 0.621. The van der Waals surface area contributed by atoms with Crippen molar-refractivity contribution in [2.45, 2.75) is 0 Å². The molecule has 0 bridgehead atoms. The predicted molar refractivity (Wildman–Crippen MR) is 65.7 cm³/mol. The lowest BCUT2D eigenvalue weighted by atomic mass is 10.1. The standard InChI is InChI=1S/C10H8BrClFN3/c1-16-10(14)4-9(15-16)5-2-6(11)8(13)3-7(5)12/h2-4H,14H2,1H3. The Balaban J connectivity index is 2.60. The van der Waals surface area contributed by atoms with Gasteiger partial charge in [0.25, 0.3) is 0 Å². The van der Waals surface area contributed by atoms with Crippen molar-refractivity contribution in [1.29, 1.82) is 0 Å². The Morgan fingerprint density at radius 2 is 2.12 bits per heavy atom. The number of aryl methyl sites for hydroxylation is 1. The maximum absolute atomic E-state index is 13.2. The molecule has 0 unspecified atom stereocenters. The van der Waals surface area contributed by atoms with Gasteiger partial charge < -0.3 is 5.73 Å². The molecule has 0 aliphatic heterocycles. The molecule has 2 N–H and O–H groups in total. The summed E-state index contributed by atoms with van der Waals surface area (Å²) in [5.74, 6) is 0.115. The molecular weight excluding hydrogens is 296 g/mol. The number of aromatic nitrogens is 2. The summed E-state index contributed by atoms with van der Waals surface area (Å²) in [6.07, 6.45) is 0. The molecule has 0 saturated heterocycles. The zero-order valence-corrected chi connectivity index (χ0v) is 10.7. The van der Waals surface area contributed by atoms with Crippen molar-refractivity contribution in [3.8, 4) is 11.3 Å². The van der Waals surface area contributed by atoms with E-state index in [1.54, 1.807) is 19.2 Å². The van der Waals surface area contributed by atoms with Crippen LogP contribution in [0.1, 0.15) is 0 Å². The number of nitrogen functional groups attached to an aromatic ring is 1. The molecule has 0 amide bonds. The first-order valence-corrected chi connectivity index (χ1v) is 5.60. The average Bonchev–Trinajstić information content (AvgIpc) is 2.53. The third-order valence-electron chi connectivity index (χ3n) is 2.20. The maximum Gasteiger partial charge on any atom is 0.138 e. The third-order valence-corrected chi connectivity index (χ3v) is 3.12. The van der Waals surface area contributed by atoms with Crippen molar-refractivity contribution < 1.29 is 4.39 Å². The Bertz CT molecular complexity index is 534. The molecule has 2 rings (SSSR count). The molecule has 0 spiro atoms. The molecule has 1 aromatic heterocycles. The molecular formula is C10H8BrClFN3. The van der Waals surface area contributed by atoms with E-state index in [2.05, 4.69) is 21.0 Å². The molecule has 16 heavy (non-hydrogen) atoms. The Kier molecular flexibility index (Phi) is 2.90. The molecule has 0 fully saturated rings. The number of nitrogens with zero attached hydrogens (tertiary/aromatic N) is 2. The number of anilines is 1. The highest BCUT2D eigenvalue weighted by Crippen LogP contribution is 2.32. The van der Waals surface area contributed by atoms with Gasteiger partial charge in [-0.1, -0.05) is 11.6 Å². The van der Waals surface area contributed by atoms with E-state index >= 15 is 0 Å². The van der Waals surface area contributed by atoms with Gasteiger partial charge in [0.1, 0.15) is 11.6 Å². The summed E-state index contributed by atoms with van der Waals surface area (Å²) in [5.41, 5.74) is 6.92. The van der Waals surface area contributed by atoms with Gasteiger partial charge in [-0.3, -0.25) is 4.68 Å². The monoisotopic (exact) mass is 303 g/mol. The van der Waals surface area contributed by atoms with Crippen LogP contribution in [-0.4, -0.2) is 9.78 Å². The fourth-order valence-electron chi connectivity index (χ4n) is 1.33. The highest BCUT2D eigenvalue weighted by Gasteiger charge is 2.12. The van der Waals surface area contributed by atoms with Crippen molar-refractivity contribution in [3.05, 3.63) is 33.5 Å². The smallest absolute Gasteiger partial charge is 0.138 e. The summed E-state index contributed by atoms with van der Waals surface area (Å²) in [7, 11) is 1.73. The van der Waals surface area contributed by atoms with Gasteiger partial charge in [-0.05, 0) is 28.1 Å². The molecule has 84 valence electrons. The van der Waals surface area contributed by atoms with E-state index < -0.39 is 5.82 Å². The minimum Gasteiger partial charge on any atom is -0.384 e.